The first kappa shape index (κ1) is 12.0. The molecule has 0 heterocycles. The molecule has 0 radical (unpaired) electrons. The molecule has 2 nitrogen and oxygen atoms in total. The van der Waals surface area contributed by atoms with Crippen molar-refractivity contribution in [3.05, 3.63) is 33.3 Å². The van der Waals surface area contributed by atoms with Gasteiger partial charge in [-0.05, 0) is 22.9 Å². The Bertz CT molecular complexity index is 416. The number of aldehydes is 1. The lowest BCUT2D eigenvalue weighted by Gasteiger charge is -2.08. The van der Waals surface area contributed by atoms with Gasteiger partial charge in [-0.1, -0.05) is 12.1 Å². The SMILES string of the molecule is CC(=O)c1ccc(C(F)F)c(Br)c1C=O. The molecule has 1 aromatic carbocycles. The second-order valence-electron chi connectivity index (χ2n) is 2.90. The monoisotopic (exact) mass is 276 g/mol. The van der Waals surface area contributed by atoms with Gasteiger partial charge in [0.05, 0.1) is 0 Å². The molecule has 0 aliphatic carbocycles. The molecule has 0 spiro atoms. The summed E-state index contributed by atoms with van der Waals surface area (Å²) in [5.41, 5.74) is -0.177. The van der Waals surface area contributed by atoms with Crippen LogP contribution in [0.2, 0.25) is 0 Å². The van der Waals surface area contributed by atoms with Gasteiger partial charge in [-0.15, -0.1) is 0 Å². The van der Waals surface area contributed by atoms with Crippen LogP contribution in [0.4, 0.5) is 8.78 Å². The number of halogens is 3. The summed E-state index contributed by atoms with van der Waals surface area (Å²) >= 11 is 2.90. The van der Waals surface area contributed by atoms with Crippen LogP contribution in [0.3, 0.4) is 0 Å². The number of hydrogen-bond acceptors (Lipinski definition) is 2. The first-order chi connectivity index (χ1) is 6.99. The van der Waals surface area contributed by atoms with Crippen molar-refractivity contribution in [1.82, 2.24) is 0 Å². The lowest BCUT2D eigenvalue weighted by atomic mass is 10.0. The van der Waals surface area contributed by atoms with E-state index >= 15 is 0 Å². The van der Waals surface area contributed by atoms with Crippen molar-refractivity contribution in [3.63, 3.8) is 0 Å². The topological polar surface area (TPSA) is 34.1 Å². The molecule has 0 bridgehead atoms. The zero-order chi connectivity index (χ0) is 11.6. The van der Waals surface area contributed by atoms with Gasteiger partial charge < -0.3 is 0 Å². The highest BCUT2D eigenvalue weighted by molar-refractivity contribution is 9.10. The van der Waals surface area contributed by atoms with Gasteiger partial charge in [0.15, 0.2) is 12.1 Å². The molecule has 1 aromatic rings. The largest absolute Gasteiger partial charge is 0.298 e. The highest BCUT2D eigenvalue weighted by atomic mass is 79.9. The van der Waals surface area contributed by atoms with E-state index in [1.165, 1.54) is 13.0 Å². The van der Waals surface area contributed by atoms with Crippen molar-refractivity contribution >= 4 is 28.0 Å². The Hall–Kier alpha value is -1.10. The number of alkyl halides is 2. The second-order valence-corrected chi connectivity index (χ2v) is 3.70. The maximum atomic E-state index is 12.4. The molecule has 0 saturated heterocycles. The first-order valence-electron chi connectivity index (χ1n) is 4.05. The molecule has 15 heavy (non-hydrogen) atoms. The molecule has 0 fully saturated rings. The van der Waals surface area contributed by atoms with Crippen LogP contribution in [0.25, 0.3) is 0 Å². The van der Waals surface area contributed by atoms with E-state index in [1.54, 1.807) is 0 Å². The molecule has 0 aliphatic heterocycles. The standard InChI is InChI=1S/C10H7BrF2O2/c1-5(15)6-2-3-7(10(12)13)9(11)8(6)4-14/h2-4,10H,1H3. The molecule has 0 atom stereocenters. The Morgan fingerprint density at radius 2 is 2.07 bits per heavy atom. The van der Waals surface area contributed by atoms with E-state index in [0.29, 0.717) is 6.29 Å². The molecule has 0 N–H and O–H groups in total. The fraction of sp³-hybridized carbons (Fsp3) is 0.200. The summed E-state index contributed by atoms with van der Waals surface area (Å²) in [7, 11) is 0. The van der Waals surface area contributed by atoms with Crippen LogP contribution >= 0.6 is 15.9 Å². The van der Waals surface area contributed by atoms with Crippen LogP contribution in [0, 0.1) is 0 Å². The number of benzene rings is 1. The lowest BCUT2D eigenvalue weighted by Crippen LogP contribution is -2.02. The quantitative estimate of drug-likeness (QED) is 0.626. The summed E-state index contributed by atoms with van der Waals surface area (Å²) in [4.78, 5) is 21.8. The minimum absolute atomic E-state index is 0.0137. The Morgan fingerprint density at radius 1 is 1.47 bits per heavy atom. The number of carbonyl (C=O) groups is 2. The van der Waals surface area contributed by atoms with Gasteiger partial charge in [-0.3, -0.25) is 9.59 Å². The Balaban J connectivity index is 3.45. The molecule has 1 rings (SSSR count). The molecule has 0 aromatic heterocycles. The summed E-state index contributed by atoms with van der Waals surface area (Å²) in [5.74, 6) is -0.335. The molecule has 80 valence electrons. The average Bonchev–Trinajstić information content (AvgIpc) is 2.16. The molecule has 0 aliphatic rings. The number of hydrogen-bond donors (Lipinski definition) is 0. The van der Waals surface area contributed by atoms with Crippen molar-refractivity contribution < 1.29 is 18.4 Å². The minimum atomic E-state index is -2.68. The van der Waals surface area contributed by atoms with Crippen LogP contribution in [0.15, 0.2) is 16.6 Å². The maximum absolute atomic E-state index is 12.4. The number of rotatable bonds is 3. The molecule has 0 saturated carbocycles. The van der Waals surface area contributed by atoms with Crippen LogP contribution in [0.1, 0.15) is 39.6 Å². The van der Waals surface area contributed by atoms with E-state index < -0.39 is 6.43 Å². The van der Waals surface area contributed by atoms with Gasteiger partial charge >= 0.3 is 0 Å². The lowest BCUT2D eigenvalue weighted by molar-refractivity contribution is 0.100. The Kier molecular flexibility index (Phi) is 3.68. The third-order valence-electron chi connectivity index (χ3n) is 1.94. The summed E-state index contributed by atoms with van der Waals surface area (Å²) in [6, 6.07) is 2.37. The number of ketones is 1. The smallest absolute Gasteiger partial charge is 0.264 e. The van der Waals surface area contributed by atoms with Gasteiger partial charge in [0.2, 0.25) is 0 Å². The highest BCUT2D eigenvalue weighted by Crippen LogP contribution is 2.31. The van der Waals surface area contributed by atoms with Crippen LogP contribution < -0.4 is 0 Å². The summed E-state index contributed by atoms with van der Waals surface area (Å²) in [5, 5.41) is 0. The predicted octanol–water partition coefficient (Wildman–Crippen LogP) is 3.40. The van der Waals surface area contributed by atoms with Crippen LogP contribution in [0.5, 0.6) is 0 Å². The van der Waals surface area contributed by atoms with Crippen LogP contribution in [-0.2, 0) is 0 Å². The van der Waals surface area contributed by atoms with Crippen molar-refractivity contribution in [2.24, 2.45) is 0 Å². The van der Waals surface area contributed by atoms with E-state index in [1.807, 2.05) is 0 Å². The van der Waals surface area contributed by atoms with Gasteiger partial charge in [-0.2, -0.15) is 0 Å². The molecule has 0 unspecified atom stereocenters. The normalized spacial score (nSPS) is 10.5. The number of Topliss-reactive ketones (excluding diaryl/α,β-unsaturated/α-hetero) is 1. The van der Waals surface area contributed by atoms with E-state index in [9.17, 15) is 18.4 Å². The second kappa shape index (κ2) is 4.61. The zero-order valence-corrected chi connectivity index (χ0v) is 9.35. The van der Waals surface area contributed by atoms with Crippen LogP contribution in [-0.4, -0.2) is 12.1 Å². The summed E-state index contributed by atoms with van der Waals surface area (Å²) < 4.78 is 24.9. The fourth-order valence-electron chi connectivity index (χ4n) is 1.20. The van der Waals surface area contributed by atoms with E-state index in [-0.39, 0.29) is 26.9 Å². The molecule has 0 amide bonds. The fourth-order valence-corrected chi connectivity index (χ4v) is 1.81. The van der Waals surface area contributed by atoms with E-state index in [2.05, 4.69) is 15.9 Å². The number of carbonyl (C=O) groups excluding carboxylic acids is 2. The zero-order valence-electron chi connectivity index (χ0n) is 7.76. The highest BCUT2D eigenvalue weighted by Gasteiger charge is 2.18. The molecular weight excluding hydrogens is 270 g/mol. The third-order valence-corrected chi connectivity index (χ3v) is 2.83. The summed E-state index contributed by atoms with van der Waals surface area (Å²) in [6.45, 7) is 1.27. The predicted molar refractivity (Wildman–Crippen MR) is 54.5 cm³/mol. The first-order valence-corrected chi connectivity index (χ1v) is 4.85. The Morgan fingerprint density at radius 3 is 2.47 bits per heavy atom. The third kappa shape index (κ3) is 2.28. The van der Waals surface area contributed by atoms with E-state index in [0.717, 1.165) is 6.07 Å². The van der Waals surface area contributed by atoms with Crippen molar-refractivity contribution in [1.29, 1.82) is 0 Å². The van der Waals surface area contributed by atoms with Gasteiger partial charge in [0, 0.05) is 21.2 Å². The van der Waals surface area contributed by atoms with Gasteiger partial charge in [0.25, 0.3) is 6.43 Å². The van der Waals surface area contributed by atoms with Gasteiger partial charge in [0.1, 0.15) is 0 Å². The van der Waals surface area contributed by atoms with Crippen molar-refractivity contribution in [3.8, 4) is 0 Å². The molecule has 5 heteroatoms. The van der Waals surface area contributed by atoms with Gasteiger partial charge in [-0.25, -0.2) is 8.78 Å². The Labute approximate surface area is 93.4 Å². The molecular formula is C10H7BrF2O2. The van der Waals surface area contributed by atoms with E-state index in [4.69, 9.17) is 0 Å². The maximum Gasteiger partial charge on any atom is 0.264 e. The van der Waals surface area contributed by atoms with Crippen molar-refractivity contribution in [2.45, 2.75) is 13.3 Å². The van der Waals surface area contributed by atoms with Crippen molar-refractivity contribution in [2.75, 3.05) is 0 Å². The minimum Gasteiger partial charge on any atom is -0.298 e. The summed E-state index contributed by atoms with van der Waals surface area (Å²) in [6.07, 6.45) is -2.29. The average molecular weight is 277 g/mol.